The van der Waals surface area contributed by atoms with E-state index in [1.807, 2.05) is 27.7 Å². The van der Waals surface area contributed by atoms with Gasteiger partial charge in [-0.15, -0.1) is 0 Å². The monoisotopic (exact) mass is 201 g/mol. The molecular weight excluding hydrogens is 182 g/mol. The zero-order chi connectivity index (χ0) is 10.7. The van der Waals surface area contributed by atoms with Crippen molar-refractivity contribution < 1.29 is 14.4 Å². The Labute approximate surface area is 85.1 Å². The number of hydrogen-bond acceptors (Lipinski definition) is 4. The Morgan fingerprint density at radius 3 is 2.29 bits per heavy atom. The Bertz CT molecular complexity index is 204. The maximum atomic E-state index is 11.5. The van der Waals surface area contributed by atoms with Crippen molar-refractivity contribution in [2.24, 2.45) is 0 Å². The minimum Gasteiger partial charge on any atom is -0.462 e. The van der Waals surface area contributed by atoms with E-state index < -0.39 is 0 Å². The highest BCUT2D eigenvalue weighted by atomic mass is 16.7. The SMILES string of the molecule is CC(C)OC(=O)C1CCN1OC(C)C. The molecule has 1 atom stereocenters. The fourth-order valence-corrected chi connectivity index (χ4v) is 1.31. The highest BCUT2D eigenvalue weighted by Gasteiger charge is 2.37. The van der Waals surface area contributed by atoms with Crippen molar-refractivity contribution >= 4 is 5.97 Å². The number of carbonyl (C=O) groups is 1. The predicted octanol–water partition coefficient (Wildman–Crippen LogP) is 1.35. The van der Waals surface area contributed by atoms with Crippen LogP contribution in [0.5, 0.6) is 0 Å². The van der Waals surface area contributed by atoms with Crippen molar-refractivity contribution in [3.63, 3.8) is 0 Å². The summed E-state index contributed by atoms with van der Waals surface area (Å²) in [7, 11) is 0. The normalized spacial score (nSPS) is 22.6. The molecule has 82 valence electrons. The highest BCUT2D eigenvalue weighted by Crippen LogP contribution is 2.20. The molecule has 0 N–H and O–H groups in total. The molecule has 0 spiro atoms. The van der Waals surface area contributed by atoms with E-state index in [4.69, 9.17) is 9.57 Å². The van der Waals surface area contributed by atoms with Gasteiger partial charge < -0.3 is 4.74 Å². The molecule has 1 unspecified atom stereocenters. The molecule has 1 aliphatic rings. The van der Waals surface area contributed by atoms with E-state index in [1.54, 1.807) is 5.06 Å². The van der Waals surface area contributed by atoms with Gasteiger partial charge in [0.05, 0.1) is 12.2 Å². The van der Waals surface area contributed by atoms with Crippen LogP contribution in [-0.4, -0.2) is 35.8 Å². The average molecular weight is 201 g/mol. The molecular formula is C10H19NO3. The molecule has 1 heterocycles. The highest BCUT2D eigenvalue weighted by molar-refractivity contribution is 5.76. The number of ether oxygens (including phenoxy) is 1. The molecule has 1 saturated heterocycles. The lowest BCUT2D eigenvalue weighted by molar-refractivity contribution is -0.256. The fraction of sp³-hybridized carbons (Fsp3) is 0.900. The number of nitrogens with zero attached hydrogens (tertiary/aromatic N) is 1. The van der Waals surface area contributed by atoms with Crippen LogP contribution in [0.25, 0.3) is 0 Å². The van der Waals surface area contributed by atoms with E-state index in [1.165, 1.54) is 0 Å². The summed E-state index contributed by atoms with van der Waals surface area (Å²) in [6, 6.07) is -0.195. The van der Waals surface area contributed by atoms with Gasteiger partial charge in [-0.25, -0.2) is 0 Å². The lowest BCUT2D eigenvalue weighted by Gasteiger charge is -2.38. The van der Waals surface area contributed by atoms with E-state index in [-0.39, 0.29) is 24.2 Å². The molecule has 0 aromatic rings. The maximum Gasteiger partial charge on any atom is 0.326 e. The van der Waals surface area contributed by atoms with E-state index in [0.717, 1.165) is 13.0 Å². The van der Waals surface area contributed by atoms with Gasteiger partial charge in [0.1, 0.15) is 6.04 Å². The Morgan fingerprint density at radius 2 is 1.93 bits per heavy atom. The summed E-state index contributed by atoms with van der Waals surface area (Å²) in [4.78, 5) is 16.9. The van der Waals surface area contributed by atoms with Crippen LogP contribution in [0.3, 0.4) is 0 Å². The quantitative estimate of drug-likeness (QED) is 0.644. The van der Waals surface area contributed by atoms with Crippen LogP contribution in [0.15, 0.2) is 0 Å². The van der Waals surface area contributed by atoms with Crippen LogP contribution in [0.2, 0.25) is 0 Å². The third-order valence-corrected chi connectivity index (χ3v) is 1.94. The number of carbonyl (C=O) groups excluding carboxylic acids is 1. The van der Waals surface area contributed by atoms with Gasteiger partial charge in [-0.3, -0.25) is 9.63 Å². The average Bonchev–Trinajstić information content (AvgIpc) is 1.96. The van der Waals surface area contributed by atoms with Crippen molar-refractivity contribution in [3.8, 4) is 0 Å². The first-order chi connectivity index (χ1) is 6.50. The molecule has 0 amide bonds. The van der Waals surface area contributed by atoms with Crippen LogP contribution in [0.1, 0.15) is 34.1 Å². The number of hydroxylamine groups is 2. The van der Waals surface area contributed by atoms with E-state index >= 15 is 0 Å². The van der Waals surface area contributed by atoms with Crippen LogP contribution in [0.4, 0.5) is 0 Å². The van der Waals surface area contributed by atoms with Crippen LogP contribution in [0, 0.1) is 0 Å². The summed E-state index contributed by atoms with van der Waals surface area (Å²) in [5, 5.41) is 1.70. The smallest absolute Gasteiger partial charge is 0.326 e. The Kier molecular flexibility index (Phi) is 3.89. The first kappa shape index (κ1) is 11.5. The van der Waals surface area contributed by atoms with Gasteiger partial charge in [-0.2, -0.15) is 5.06 Å². The number of rotatable bonds is 4. The molecule has 0 aromatic carbocycles. The molecule has 0 aromatic heterocycles. The summed E-state index contributed by atoms with van der Waals surface area (Å²) in [6.45, 7) is 8.41. The minimum absolute atomic E-state index is 0.0519. The summed E-state index contributed by atoms with van der Waals surface area (Å²) in [6.07, 6.45) is 0.895. The van der Waals surface area contributed by atoms with Gasteiger partial charge in [0.2, 0.25) is 0 Å². The molecule has 1 rings (SSSR count). The van der Waals surface area contributed by atoms with Crippen molar-refractivity contribution in [2.45, 2.75) is 52.4 Å². The third-order valence-electron chi connectivity index (χ3n) is 1.94. The summed E-state index contributed by atoms with van der Waals surface area (Å²) < 4.78 is 5.11. The molecule has 0 bridgehead atoms. The zero-order valence-corrected chi connectivity index (χ0v) is 9.32. The second-order valence-electron chi connectivity index (χ2n) is 4.08. The molecule has 14 heavy (non-hydrogen) atoms. The van der Waals surface area contributed by atoms with Gasteiger partial charge in [-0.05, 0) is 34.1 Å². The first-order valence-corrected chi connectivity index (χ1v) is 5.14. The van der Waals surface area contributed by atoms with Gasteiger partial charge in [0.25, 0.3) is 0 Å². The molecule has 1 fully saturated rings. The zero-order valence-electron chi connectivity index (χ0n) is 9.32. The van der Waals surface area contributed by atoms with Crippen LogP contribution < -0.4 is 0 Å². The van der Waals surface area contributed by atoms with Crippen molar-refractivity contribution in [3.05, 3.63) is 0 Å². The Morgan fingerprint density at radius 1 is 1.29 bits per heavy atom. The standard InChI is InChI=1S/C10H19NO3/c1-7(2)13-10(12)9-5-6-11(9)14-8(3)4/h7-9H,5-6H2,1-4H3. The second-order valence-corrected chi connectivity index (χ2v) is 4.08. The molecule has 0 radical (unpaired) electrons. The number of esters is 1. The van der Waals surface area contributed by atoms with Gasteiger partial charge >= 0.3 is 5.97 Å². The van der Waals surface area contributed by atoms with Crippen molar-refractivity contribution in [2.75, 3.05) is 6.54 Å². The minimum atomic E-state index is -0.195. The molecule has 4 nitrogen and oxygen atoms in total. The van der Waals surface area contributed by atoms with E-state index in [0.29, 0.717) is 0 Å². The van der Waals surface area contributed by atoms with Crippen LogP contribution >= 0.6 is 0 Å². The van der Waals surface area contributed by atoms with Crippen molar-refractivity contribution in [1.29, 1.82) is 0 Å². The molecule has 4 heteroatoms. The summed E-state index contributed by atoms with van der Waals surface area (Å²) >= 11 is 0. The van der Waals surface area contributed by atoms with Gasteiger partial charge in [0.15, 0.2) is 0 Å². The van der Waals surface area contributed by atoms with E-state index in [2.05, 4.69) is 0 Å². The molecule has 1 aliphatic heterocycles. The largest absolute Gasteiger partial charge is 0.462 e. The predicted molar refractivity (Wildman–Crippen MR) is 52.6 cm³/mol. The topological polar surface area (TPSA) is 38.8 Å². The summed E-state index contributed by atoms with van der Waals surface area (Å²) in [5.74, 6) is -0.174. The lowest BCUT2D eigenvalue weighted by atomic mass is 10.1. The van der Waals surface area contributed by atoms with Gasteiger partial charge in [0, 0.05) is 6.54 Å². The second kappa shape index (κ2) is 4.75. The molecule has 0 aliphatic carbocycles. The Hall–Kier alpha value is -0.610. The molecule has 0 saturated carbocycles. The Balaban J connectivity index is 2.34. The number of hydrogen-bond donors (Lipinski definition) is 0. The lowest BCUT2D eigenvalue weighted by Crippen LogP contribution is -2.53. The van der Waals surface area contributed by atoms with Crippen LogP contribution in [-0.2, 0) is 14.4 Å². The van der Waals surface area contributed by atoms with E-state index in [9.17, 15) is 4.79 Å². The third kappa shape index (κ3) is 2.96. The fourth-order valence-electron chi connectivity index (χ4n) is 1.31. The van der Waals surface area contributed by atoms with Gasteiger partial charge in [-0.1, -0.05) is 0 Å². The summed E-state index contributed by atoms with van der Waals surface area (Å²) in [5.41, 5.74) is 0. The maximum absolute atomic E-state index is 11.5. The van der Waals surface area contributed by atoms with Crippen molar-refractivity contribution in [1.82, 2.24) is 5.06 Å². The first-order valence-electron chi connectivity index (χ1n) is 5.14.